The third-order valence-corrected chi connectivity index (χ3v) is 7.50. The number of nitrogens with one attached hydrogen (secondary N) is 1. The standard InChI is InChI=1S/C35H61N2O6P/c1-3-5-7-9-11-13-14-15-16-17-18-19-20-21-23-25-27-29-35(39)37-33(32-43-44(40,41)42-31-30-36)34(38)28-26-24-22-12-10-8-6-4-2/h5,7,10-13,15-16,18-19,26,28,33-34,38H,3-4,6,8-9,14,17,20-25,27,29-32,36H2,1-2H3,(H,37,39)(H,40,41)/b7-5-,12-10+,13-11-,16-15-,19-18-,28-26+. The minimum Gasteiger partial charge on any atom is -0.387 e. The molecule has 8 nitrogen and oxygen atoms in total. The van der Waals surface area contributed by atoms with Crippen molar-refractivity contribution in [3.63, 3.8) is 0 Å². The molecule has 0 radical (unpaired) electrons. The van der Waals surface area contributed by atoms with Gasteiger partial charge in [-0.2, -0.15) is 0 Å². The molecular weight excluding hydrogens is 575 g/mol. The van der Waals surface area contributed by atoms with Gasteiger partial charge in [0.2, 0.25) is 5.91 Å². The second kappa shape index (κ2) is 30.9. The van der Waals surface area contributed by atoms with Crippen molar-refractivity contribution in [3.05, 3.63) is 72.9 Å². The average Bonchev–Trinajstić information content (AvgIpc) is 3.01. The molecule has 3 atom stereocenters. The van der Waals surface area contributed by atoms with E-state index in [0.717, 1.165) is 83.5 Å². The molecule has 252 valence electrons. The van der Waals surface area contributed by atoms with Crippen LogP contribution in [0.3, 0.4) is 0 Å². The Kier molecular flexibility index (Phi) is 29.5. The molecule has 0 rings (SSSR count). The van der Waals surface area contributed by atoms with Crippen LogP contribution in [0.25, 0.3) is 0 Å². The van der Waals surface area contributed by atoms with E-state index in [1.165, 1.54) is 6.42 Å². The second-order valence-electron chi connectivity index (χ2n) is 10.6. The van der Waals surface area contributed by atoms with Crippen molar-refractivity contribution < 1.29 is 28.4 Å². The van der Waals surface area contributed by atoms with E-state index < -0.39 is 20.0 Å². The van der Waals surface area contributed by atoms with Crippen LogP contribution in [0, 0.1) is 0 Å². The van der Waals surface area contributed by atoms with Gasteiger partial charge in [0, 0.05) is 13.0 Å². The number of carbonyl (C=O) groups excluding carboxylic acids is 1. The lowest BCUT2D eigenvalue weighted by atomic mass is 10.1. The Morgan fingerprint density at radius 2 is 1.34 bits per heavy atom. The fraction of sp³-hybridized carbons (Fsp3) is 0.629. The van der Waals surface area contributed by atoms with E-state index in [-0.39, 0.29) is 25.7 Å². The molecule has 0 saturated heterocycles. The van der Waals surface area contributed by atoms with E-state index >= 15 is 0 Å². The van der Waals surface area contributed by atoms with Gasteiger partial charge in [0.05, 0.1) is 25.4 Å². The Hall–Kier alpha value is -2.06. The van der Waals surface area contributed by atoms with Gasteiger partial charge in [-0.1, -0.05) is 112 Å². The van der Waals surface area contributed by atoms with Crippen LogP contribution in [0.15, 0.2) is 72.9 Å². The van der Waals surface area contributed by atoms with E-state index in [1.807, 2.05) is 6.08 Å². The number of rotatable bonds is 29. The number of carbonyl (C=O) groups is 1. The monoisotopic (exact) mass is 636 g/mol. The van der Waals surface area contributed by atoms with Gasteiger partial charge in [-0.25, -0.2) is 4.57 Å². The summed E-state index contributed by atoms with van der Waals surface area (Å²) >= 11 is 0. The first kappa shape index (κ1) is 41.9. The summed E-state index contributed by atoms with van der Waals surface area (Å²) in [7, 11) is -4.34. The normalized spacial score (nSPS) is 15.5. The molecule has 0 aromatic rings. The number of hydrogen-bond acceptors (Lipinski definition) is 6. The van der Waals surface area contributed by atoms with Crippen molar-refractivity contribution in [2.24, 2.45) is 5.73 Å². The van der Waals surface area contributed by atoms with E-state index in [0.29, 0.717) is 6.42 Å². The van der Waals surface area contributed by atoms with Crippen molar-refractivity contribution in [2.45, 2.75) is 122 Å². The van der Waals surface area contributed by atoms with Crippen LogP contribution >= 0.6 is 7.82 Å². The van der Waals surface area contributed by atoms with E-state index in [1.54, 1.807) is 6.08 Å². The minimum atomic E-state index is -4.34. The number of allylic oxidation sites excluding steroid dienone is 11. The van der Waals surface area contributed by atoms with Crippen molar-refractivity contribution in [2.75, 3.05) is 19.8 Å². The summed E-state index contributed by atoms with van der Waals surface area (Å²) < 4.78 is 21.9. The first-order chi connectivity index (χ1) is 21.4. The van der Waals surface area contributed by atoms with Gasteiger partial charge in [-0.15, -0.1) is 0 Å². The number of amides is 1. The third-order valence-electron chi connectivity index (χ3n) is 6.52. The molecule has 0 aromatic carbocycles. The average molecular weight is 637 g/mol. The predicted molar refractivity (Wildman–Crippen MR) is 184 cm³/mol. The summed E-state index contributed by atoms with van der Waals surface area (Å²) in [6.07, 6.45) is 38.2. The molecule has 44 heavy (non-hydrogen) atoms. The topological polar surface area (TPSA) is 131 Å². The second-order valence-corrected chi connectivity index (χ2v) is 12.1. The molecule has 0 saturated carbocycles. The zero-order valence-corrected chi connectivity index (χ0v) is 28.3. The van der Waals surface area contributed by atoms with E-state index in [4.69, 9.17) is 14.8 Å². The van der Waals surface area contributed by atoms with Gasteiger partial charge >= 0.3 is 7.82 Å². The Labute approximate surface area is 267 Å². The maximum atomic E-state index is 12.6. The maximum Gasteiger partial charge on any atom is 0.472 e. The van der Waals surface area contributed by atoms with Crippen molar-refractivity contribution in [3.8, 4) is 0 Å². The van der Waals surface area contributed by atoms with Gasteiger partial charge < -0.3 is 21.1 Å². The zero-order chi connectivity index (χ0) is 32.6. The largest absolute Gasteiger partial charge is 0.472 e. The van der Waals surface area contributed by atoms with Crippen LogP contribution in [-0.2, 0) is 18.4 Å². The number of nitrogens with two attached hydrogens (primary N) is 1. The van der Waals surface area contributed by atoms with Crippen molar-refractivity contribution in [1.29, 1.82) is 0 Å². The van der Waals surface area contributed by atoms with Crippen LogP contribution in [0.4, 0.5) is 0 Å². The van der Waals surface area contributed by atoms with Crippen molar-refractivity contribution >= 4 is 13.7 Å². The minimum absolute atomic E-state index is 0.0652. The molecule has 5 N–H and O–H groups in total. The van der Waals surface area contributed by atoms with Crippen molar-refractivity contribution in [1.82, 2.24) is 5.32 Å². The zero-order valence-electron chi connectivity index (χ0n) is 27.4. The molecule has 0 aliphatic rings. The molecule has 9 heteroatoms. The molecule has 3 unspecified atom stereocenters. The lowest BCUT2D eigenvalue weighted by Gasteiger charge is -2.23. The Morgan fingerprint density at radius 3 is 2.00 bits per heavy atom. The van der Waals surface area contributed by atoms with Crippen LogP contribution in [0.2, 0.25) is 0 Å². The Balaban J connectivity index is 4.41. The van der Waals surface area contributed by atoms with Crippen LogP contribution in [0.5, 0.6) is 0 Å². The number of phosphoric ester groups is 1. The van der Waals surface area contributed by atoms with Gasteiger partial charge in [0.15, 0.2) is 0 Å². The summed E-state index contributed by atoms with van der Waals surface area (Å²) in [4.78, 5) is 22.4. The fourth-order valence-corrected chi connectivity index (χ4v) is 4.76. The summed E-state index contributed by atoms with van der Waals surface area (Å²) in [6.45, 7) is 3.85. The van der Waals surface area contributed by atoms with Crippen LogP contribution in [-0.4, -0.2) is 47.8 Å². The van der Waals surface area contributed by atoms with Crippen LogP contribution in [0.1, 0.15) is 110 Å². The first-order valence-corrected chi connectivity index (χ1v) is 18.1. The first-order valence-electron chi connectivity index (χ1n) is 16.6. The van der Waals surface area contributed by atoms with Gasteiger partial charge in [0.25, 0.3) is 0 Å². The number of aliphatic hydroxyl groups excluding tert-OH is 1. The molecule has 0 aliphatic heterocycles. The SMILES string of the molecule is CC/C=C\C/C=C\C/C=C\C/C=C\CCCCCCC(=O)NC(COP(=O)(O)OCCN)C(O)/C=C/CC/C=C/CCCC. The molecule has 0 fully saturated rings. The maximum absolute atomic E-state index is 12.6. The van der Waals surface area contributed by atoms with E-state index in [2.05, 4.69) is 79.9 Å². The number of phosphoric acid groups is 1. The summed E-state index contributed by atoms with van der Waals surface area (Å²) in [5, 5.41) is 13.4. The summed E-state index contributed by atoms with van der Waals surface area (Å²) in [5.74, 6) is -0.237. The molecular formula is C35H61N2O6P. The molecule has 0 aliphatic carbocycles. The molecule has 0 aromatic heterocycles. The molecule has 0 heterocycles. The van der Waals surface area contributed by atoms with Crippen LogP contribution < -0.4 is 11.1 Å². The lowest BCUT2D eigenvalue weighted by molar-refractivity contribution is -0.123. The predicted octanol–water partition coefficient (Wildman–Crippen LogP) is 8.15. The highest BCUT2D eigenvalue weighted by atomic mass is 31.2. The fourth-order valence-electron chi connectivity index (χ4n) is 4.00. The highest BCUT2D eigenvalue weighted by molar-refractivity contribution is 7.47. The molecule has 0 bridgehead atoms. The van der Waals surface area contributed by atoms with Gasteiger partial charge in [-0.3, -0.25) is 13.8 Å². The summed E-state index contributed by atoms with van der Waals surface area (Å²) in [5.41, 5.74) is 5.32. The third kappa shape index (κ3) is 28.7. The highest BCUT2D eigenvalue weighted by Crippen LogP contribution is 2.43. The van der Waals surface area contributed by atoms with Gasteiger partial charge in [-0.05, 0) is 64.2 Å². The lowest BCUT2D eigenvalue weighted by Crippen LogP contribution is -2.45. The number of hydrogen-bond donors (Lipinski definition) is 4. The quantitative estimate of drug-likeness (QED) is 0.0370. The smallest absolute Gasteiger partial charge is 0.387 e. The highest BCUT2D eigenvalue weighted by Gasteiger charge is 2.26. The Bertz CT molecular complexity index is 913. The molecule has 0 spiro atoms. The van der Waals surface area contributed by atoms with E-state index in [9.17, 15) is 19.4 Å². The number of aliphatic hydroxyl groups is 1. The number of unbranched alkanes of at least 4 members (excludes halogenated alkanes) is 7. The Morgan fingerprint density at radius 1 is 0.773 bits per heavy atom. The van der Waals surface area contributed by atoms with Gasteiger partial charge in [0.1, 0.15) is 0 Å². The molecule has 1 amide bonds. The summed E-state index contributed by atoms with van der Waals surface area (Å²) in [6, 6.07) is -0.890.